The topological polar surface area (TPSA) is 47.6 Å². The molecule has 0 heterocycles. The van der Waals surface area contributed by atoms with Gasteiger partial charge in [-0.25, -0.2) is 4.79 Å². The molecule has 0 aliphatic heterocycles. The third-order valence-electron chi connectivity index (χ3n) is 3.59. The zero-order chi connectivity index (χ0) is 16.9. The van der Waals surface area contributed by atoms with E-state index in [0.29, 0.717) is 13.2 Å². The summed E-state index contributed by atoms with van der Waals surface area (Å²) in [5.74, 6) is 0. The second kappa shape index (κ2) is 7.45. The van der Waals surface area contributed by atoms with Crippen molar-refractivity contribution in [1.82, 2.24) is 5.32 Å². The zero-order valence-corrected chi connectivity index (χ0v) is 16.2. The lowest BCUT2D eigenvalue weighted by atomic mass is 10.2. The Morgan fingerprint density at radius 2 is 1.67 bits per heavy atom. The first kappa shape index (κ1) is 20.2. The molecule has 124 valence electrons. The fraction of sp³-hybridized carbons (Fsp3) is 0.812. The average Bonchev–Trinajstić information content (AvgIpc) is 2.22. The van der Waals surface area contributed by atoms with Crippen LogP contribution in [-0.4, -0.2) is 33.2 Å². The van der Waals surface area contributed by atoms with Gasteiger partial charge in [0.2, 0.25) is 0 Å². The average molecular weight is 316 g/mol. The maximum Gasteiger partial charge on any atom is 0.407 e. The van der Waals surface area contributed by atoms with Crippen LogP contribution in [0, 0.1) is 0 Å². The maximum absolute atomic E-state index is 11.5. The highest BCUT2D eigenvalue weighted by Crippen LogP contribution is 2.36. The molecule has 21 heavy (non-hydrogen) atoms. The van der Waals surface area contributed by atoms with Crippen LogP contribution in [0.15, 0.2) is 11.6 Å². The third kappa shape index (κ3) is 8.93. The molecule has 0 radical (unpaired) electrons. The summed E-state index contributed by atoms with van der Waals surface area (Å²) in [6, 6.07) is 0. The van der Waals surface area contributed by atoms with Crippen molar-refractivity contribution in [2.24, 2.45) is 0 Å². The lowest BCUT2D eigenvalue weighted by Crippen LogP contribution is -2.40. The van der Waals surface area contributed by atoms with Gasteiger partial charge in [0.25, 0.3) is 0 Å². The van der Waals surface area contributed by atoms with Gasteiger partial charge in [-0.05, 0) is 45.8 Å². The fourth-order valence-corrected chi connectivity index (χ4v) is 2.14. The van der Waals surface area contributed by atoms with E-state index in [1.165, 1.54) is 0 Å². The van der Waals surface area contributed by atoms with Gasteiger partial charge in [-0.2, -0.15) is 0 Å². The van der Waals surface area contributed by atoms with Gasteiger partial charge in [0.15, 0.2) is 8.32 Å². The Labute approximate surface area is 131 Å². The van der Waals surface area contributed by atoms with Gasteiger partial charge in [0, 0.05) is 6.54 Å². The predicted molar refractivity (Wildman–Crippen MR) is 91.1 cm³/mol. The van der Waals surface area contributed by atoms with E-state index in [0.717, 1.165) is 5.57 Å². The number of ether oxygens (including phenoxy) is 1. The van der Waals surface area contributed by atoms with Crippen LogP contribution in [0.25, 0.3) is 0 Å². The Bertz CT molecular complexity index is 376. The summed E-state index contributed by atoms with van der Waals surface area (Å²) in [6.07, 6.45) is 1.64. The van der Waals surface area contributed by atoms with Crippen molar-refractivity contribution < 1.29 is 14.0 Å². The van der Waals surface area contributed by atoms with E-state index in [1.807, 2.05) is 33.8 Å². The van der Waals surface area contributed by atoms with Crippen molar-refractivity contribution >= 4 is 14.4 Å². The Morgan fingerprint density at radius 3 is 2.10 bits per heavy atom. The molecule has 0 saturated carbocycles. The number of nitrogens with one attached hydrogen (secondary N) is 1. The molecular weight excluding hydrogens is 282 g/mol. The molecule has 0 aromatic heterocycles. The van der Waals surface area contributed by atoms with Crippen LogP contribution in [0.2, 0.25) is 18.1 Å². The molecule has 1 N–H and O–H groups in total. The zero-order valence-electron chi connectivity index (χ0n) is 15.2. The Balaban J connectivity index is 4.20. The first-order valence-electron chi connectivity index (χ1n) is 7.51. The van der Waals surface area contributed by atoms with Crippen molar-refractivity contribution in [3.05, 3.63) is 11.6 Å². The van der Waals surface area contributed by atoms with Gasteiger partial charge in [-0.1, -0.05) is 32.4 Å². The van der Waals surface area contributed by atoms with Gasteiger partial charge >= 0.3 is 6.09 Å². The number of hydrogen-bond donors (Lipinski definition) is 1. The van der Waals surface area contributed by atoms with Gasteiger partial charge in [0.05, 0.1) is 6.61 Å². The molecule has 0 bridgehead atoms. The lowest BCUT2D eigenvalue weighted by molar-refractivity contribution is 0.0532. The molecule has 0 aliphatic rings. The van der Waals surface area contributed by atoms with E-state index in [-0.39, 0.29) is 11.1 Å². The van der Waals surface area contributed by atoms with Crippen LogP contribution >= 0.6 is 0 Å². The van der Waals surface area contributed by atoms with E-state index < -0.39 is 13.9 Å². The molecule has 0 saturated heterocycles. The molecule has 0 aliphatic carbocycles. The molecule has 0 aromatic rings. The molecule has 5 heteroatoms. The molecular formula is C16H33NO3Si. The molecule has 0 atom stereocenters. The fourth-order valence-electron chi connectivity index (χ4n) is 1.21. The normalized spacial score (nSPS) is 14.0. The summed E-state index contributed by atoms with van der Waals surface area (Å²) in [6.45, 7) is 19.7. The van der Waals surface area contributed by atoms with Crippen molar-refractivity contribution in [3.8, 4) is 0 Å². The van der Waals surface area contributed by atoms with E-state index >= 15 is 0 Å². The van der Waals surface area contributed by atoms with E-state index in [9.17, 15) is 4.79 Å². The molecule has 0 rings (SSSR count). The first-order chi connectivity index (χ1) is 9.24. The van der Waals surface area contributed by atoms with Crippen molar-refractivity contribution in [2.75, 3.05) is 13.2 Å². The minimum absolute atomic E-state index is 0.212. The number of alkyl carbamates (subject to hydrolysis) is 1. The summed E-state index contributed by atoms with van der Waals surface area (Å²) in [5, 5.41) is 2.95. The third-order valence-corrected chi connectivity index (χ3v) is 8.09. The molecule has 1 amide bonds. The van der Waals surface area contributed by atoms with Crippen LogP contribution in [0.1, 0.15) is 48.5 Å². The minimum Gasteiger partial charge on any atom is -0.444 e. The largest absolute Gasteiger partial charge is 0.444 e. The second-order valence-electron chi connectivity index (χ2n) is 7.98. The van der Waals surface area contributed by atoms with Gasteiger partial charge < -0.3 is 14.5 Å². The number of carbonyl (C=O) groups excluding carboxylic acids is 1. The number of rotatable bonds is 5. The molecule has 4 nitrogen and oxygen atoms in total. The Morgan fingerprint density at radius 1 is 1.14 bits per heavy atom. The quantitative estimate of drug-likeness (QED) is 0.601. The smallest absolute Gasteiger partial charge is 0.407 e. The van der Waals surface area contributed by atoms with E-state index in [1.54, 1.807) is 0 Å². The summed E-state index contributed by atoms with van der Waals surface area (Å²) in [4.78, 5) is 11.5. The predicted octanol–water partition coefficient (Wildman–Crippen LogP) is 4.48. The highest BCUT2D eigenvalue weighted by molar-refractivity contribution is 6.74. The van der Waals surface area contributed by atoms with Crippen molar-refractivity contribution in [3.63, 3.8) is 0 Å². The number of carbonyl (C=O) groups is 1. The van der Waals surface area contributed by atoms with Gasteiger partial charge in [0.1, 0.15) is 5.60 Å². The lowest BCUT2D eigenvalue weighted by Gasteiger charge is -2.35. The van der Waals surface area contributed by atoms with Crippen LogP contribution < -0.4 is 5.32 Å². The summed E-state index contributed by atoms with van der Waals surface area (Å²) >= 11 is 0. The van der Waals surface area contributed by atoms with Crippen molar-refractivity contribution in [1.29, 1.82) is 0 Å². The minimum atomic E-state index is -1.70. The summed E-state index contributed by atoms with van der Waals surface area (Å²) < 4.78 is 11.3. The van der Waals surface area contributed by atoms with Crippen LogP contribution in [0.3, 0.4) is 0 Å². The summed E-state index contributed by atoms with van der Waals surface area (Å²) in [5.41, 5.74) is 0.604. The van der Waals surface area contributed by atoms with Crippen LogP contribution in [0.5, 0.6) is 0 Å². The van der Waals surface area contributed by atoms with E-state index in [2.05, 4.69) is 39.2 Å². The molecule has 0 fully saturated rings. The highest BCUT2D eigenvalue weighted by atomic mass is 28.4. The van der Waals surface area contributed by atoms with Crippen LogP contribution in [-0.2, 0) is 9.16 Å². The first-order valence-corrected chi connectivity index (χ1v) is 10.4. The number of amides is 1. The molecule has 0 spiro atoms. The second-order valence-corrected chi connectivity index (χ2v) is 12.8. The number of hydrogen-bond acceptors (Lipinski definition) is 3. The SMILES string of the molecule is C/C(=C/CO[Si](C)(C)C(C)(C)C)CNC(=O)OC(C)(C)C. The maximum atomic E-state index is 11.5. The van der Waals surface area contributed by atoms with Gasteiger partial charge in [-0.15, -0.1) is 0 Å². The van der Waals surface area contributed by atoms with Gasteiger partial charge in [-0.3, -0.25) is 0 Å². The van der Waals surface area contributed by atoms with Crippen molar-refractivity contribution in [2.45, 2.75) is 72.2 Å². The highest BCUT2D eigenvalue weighted by Gasteiger charge is 2.36. The molecule has 0 unspecified atom stereocenters. The molecule has 0 aromatic carbocycles. The summed E-state index contributed by atoms with van der Waals surface area (Å²) in [7, 11) is -1.70. The Kier molecular flexibility index (Phi) is 7.16. The Hall–Kier alpha value is -0.813. The van der Waals surface area contributed by atoms with Crippen LogP contribution in [0.4, 0.5) is 4.79 Å². The standard InChI is InChI=1S/C16H33NO3Si/c1-13(12-17-14(18)20-15(2,3)4)10-11-19-21(8,9)16(5,6)7/h10H,11-12H2,1-9H3,(H,17,18)/b13-10-. The van der Waals surface area contributed by atoms with E-state index in [4.69, 9.17) is 9.16 Å². The monoisotopic (exact) mass is 315 g/mol.